The smallest absolute Gasteiger partial charge is 0.259 e. The van der Waals surface area contributed by atoms with E-state index in [0.717, 1.165) is 32.2 Å². The third-order valence-corrected chi connectivity index (χ3v) is 5.87. The molecule has 25 heavy (non-hydrogen) atoms. The second-order valence-corrected chi connectivity index (χ2v) is 7.54. The van der Waals surface area contributed by atoms with Gasteiger partial charge in [0.1, 0.15) is 11.3 Å². The number of amides is 2. The highest BCUT2D eigenvalue weighted by Gasteiger charge is 2.47. The van der Waals surface area contributed by atoms with Crippen molar-refractivity contribution < 1.29 is 18.8 Å². The average molecular weight is 347 g/mol. The Balaban J connectivity index is 1.47. The zero-order valence-electron chi connectivity index (χ0n) is 14.9. The number of hydrogen-bond donors (Lipinski definition) is 0. The lowest BCUT2D eigenvalue weighted by molar-refractivity contribution is -0.137. The van der Waals surface area contributed by atoms with Crippen LogP contribution in [0.3, 0.4) is 0 Å². The van der Waals surface area contributed by atoms with Gasteiger partial charge in [-0.05, 0) is 39.5 Å². The van der Waals surface area contributed by atoms with Gasteiger partial charge in [0.25, 0.3) is 5.91 Å². The maximum atomic E-state index is 12.9. The van der Waals surface area contributed by atoms with E-state index in [-0.39, 0.29) is 23.5 Å². The number of nitrogens with zero attached hydrogens (tertiary/aromatic N) is 3. The molecule has 0 bridgehead atoms. The van der Waals surface area contributed by atoms with E-state index in [2.05, 4.69) is 5.16 Å². The summed E-state index contributed by atoms with van der Waals surface area (Å²) >= 11 is 0. The van der Waals surface area contributed by atoms with Gasteiger partial charge in [-0.25, -0.2) is 0 Å². The largest absolute Gasteiger partial charge is 0.373 e. The number of ether oxygens (including phenoxy) is 1. The number of likely N-dealkylation sites (tertiary alicyclic amines) is 2. The lowest BCUT2D eigenvalue weighted by Gasteiger charge is -2.41. The molecule has 3 saturated heterocycles. The van der Waals surface area contributed by atoms with Gasteiger partial charge in [0.15, 0.2) is 0 Å². The summed E-state index contributed by atoms with van der Waals surface area (Å²) in [6, 6.07) is 0.248. The molecule has 3 fully saturated rings. The van der Waals surface area contributed by atoms with Gasteiger partial charge in [0.05, 0.1) is 17.8 Å². The van der Waals surface area contributed by atoms with E-state index in [1.165, 1.54) is 0 Å². The van der Waals surface area contributed by atoms with Crippen molar-refractivity contribution in [3.05, 3.63) is 17.0 Å². The highest BCUT2D eigenvalue weighted by atomic mass is 16.5. The van der Waals surface area contributed by atoms with Gasteiger partial charge in [-0.2, -0.15) is 0 Å². The summed E-state index contributed by atoms with van der Waals surface area (Å²) in [5.74, 6) is 0.799. The molecule has 0 aliphatic carbocycles. The molecule has 0 saturated carbocycles. The maximum Gasteiger partial charge on any atom is 0.259 e. The summed E-state index contributed by atoms with van der Waals surface area (Å²) in [5, 5.41) is 3.89. The van der Waals surface area contributed by atoms with Crippen molar-refractivity contribution in [2.75, 3.05) is 26.2 Å². The van der Waals surface area contributed by atoms with Crippen LogP contribution in [0.4, 0.5) is 0 Å². The number of carbonyl (C=O) groups is 2. The van der Waals surface area contributed by atoms with E-state index in [1.54, 1.807) is 13.8 Å². The fraction of sp³-hybridized carbons (Fsp3) is 0.722. The molecule has 0 radical (unpaired) electrons. The summed E-state index contributed by atoms with van der Waals surface area (Å²) in [7, 11) is 0. The fourth-order valence-corrected chi connectivity index (χ4v) is 4.57. The molecule has 7 heteroatoms. The first-order chi connectivity index (χ1) is 12.0. The summed E-state index contributed by atoms with van der Waals surface area (Å²) in [5.41, 5.74) is 0.883. The Bertz CT molecular complexity index is 681. The molecule has 2 atom stereocenters. The van der Waals surface area contributed by atoms with Crippen LogP contribution < -0.4 is 0 Å². The van der Waals surface area contributed by atoms with Crippen molar-refractivity contribution in [1.29, 1.82) is 0 Å². The van der Waals surface area contributed by atoms with E-state index in [9.17, 15) is 9.59 Å². The molecule has 1 aromatic rings. The first-order valence-corrected chi connectivity index (χ1v) is 9.15. The van der Waals surface area contributed by atoms with Crippen LogP contribution in [-0.4, -0.2) is 64.7 Å². The first kappa shape index (κ1) is 16.6. The zero-order chi connectivity index (χ0) is 17.6. The van der Waals surface area contributed by atoms with E-state index >= 15 is 0 Å². The SMILES string of the molecule is Cc1noc(C)c1C(=O)N1CC[C@@]2(C[C@H](N3CCCC3=O)CCO2)C1. The second kappa shape index (κ2) is 6.12. The topological polar surface area (TPSA) is 75.9 Å². The lowest BCUT2D eigenvalue weighted by Crippen LogP contribution is -2.50. The number of aromatic nitrogens is 1. The van der Waals surface area contributed by atoms with Crippen molar-refractivity contribution in [3.8, 4) is 0 Å². The molecule has 1 spiro atoms. The van der Waals surface area contributed by atoms with Crippen molar-refractivity contribution in [1.82, 2.24) is 15.0 Å². The molecular formula is C18H25N3O4. The fourth-order valence-electron chi connectivity index (χ4n) is 4.57. The van der Waals surface area contributed by atoms with Gasteiger partial charge in [-0.1, -0.05) is 5.16 Å². The third kappa shape index (κ3) is 2.84. The number of aryl methyl sites for hydroxylation is 2. The van der Waals surface area contributed by atoms with Crippen molar-refractivity contribution in [2.45, 2.75) is 57.6 Å². The molecular weight excluding hydrogens is 322 g/mol. The molecule has 0 N–H and O–H groups in total. The van der Waals surface area contributed by atoms with Gasteiger partial charge in [-0.3, -0.25) is 9.59 Å². The molecule has 3 aliphatic rings. The highest BCUT2D eigenvalue weighted by Crippen LogP contribution is 2.37. The van der Waals surface area contributed by atoms with Crippen LogP contribution >= 0.6 is 0 Å². The minimum Gasteiger partial charge on any atom is -0.373 e. The van der Waals surface area contributed by atoms with Crippen LogP contribution in [-0.2, 0) is 9.53 Å². The van der Waals surface area contributed by atoms with Crippen molar-refractivity contribution in [3.63, 3.8) is 0 Å². The molecule has 0 aromatic carbocycles. The van der Waals surface area contributed by atoms with Crippen LogP contribution in [0.2, 0.25) is 0 Å². The van der Waals surface area contributed by atoms with Crippen LogP contribution in [0.5, 0.6) is 0 Å². The standard InChI is InChI=1S/C18H25N3O4/c1-12-16(13(2)25-19-12)17(23)20-8-6-18(11-20)10-14(5-9-24-18)21-7-3-4-15(21)22/h14H,3-11H2,1-2H3/t14-,18-/m1/s1. The predicted molar refractivity (Wildman–Crippen MR) is 89.1 cm³/mol. The Kier molecular flexibility index (Phi) is 4.06. The molecule has 4 heterocycles. The minimum atomic E-state index is -0.319. The summed E-state index contributed by atoms with van der Waals surface area (Å²) in [6.45, 7) is 6.33. The number of hydrogen-bond acceptors (Lipinski definition) is 5. The van der Waals surface area contributed by atoms with Crippen LogP contribution in [0.25, 0.3) is 0 Å². The lowest BCUT2D eigenvalue weighted by atomic mass is 9.89. The molecule has 2 amide bonds. The average Bonchev–Trinajstić information content (AvgIpc) is 3.28. The minimum absolute atomic E-state index is 0.0314. The van der Waals surface area contributed by atoms with Crippen LogP contribution in [0, 0.1) is 13.8 Å². The molecule has 3 aliphatic heterocycles. The molecule has 0 unspecified atom stereocenters. The summed E-state index contributed by atoms with van der Waals surface area (Å²) < 4.78 is 11.3. The number of rotatable bonds is 2. The van der Waals surface area contributed by atoms with Gasteiger partial charge < -0.3 is 19.1 Å². The Hall–Kier alpha value is -1.89. The Morgan fingerprint density at radius 2 is 2.16 bits per heavy atom. The molecule has 4 rings (SSSR count). The monoisotopic (exact) mass is 347 g/mol. The van der Waals surface area contributed by atoms with Crippen molar-refractivity contribution >= 4 is 11.8 Å². The van der Waals surface area contributed by atoms with E-state index in [4.69, 9.17) is 9.26 Å². The van der Waals surface area contributed by atoms with Gasteiger partial charge in [0, 0.05) is 32.2 Å². The van der Waals surface area contributed by atoms with Gasteiger partial charge in [0.2, 0.25) is 5.91 Å². The molecule has 1 aromatic heterocycles. The third-order valence-electron chi connectivity index (χ3n) is 5.87. The molecule has 7 nitrogen and oxygen atoms in total. The second-order valence-electron chi connectivity index (χ2n) is 7.54. The Labute approximate surface area is 147 Å². The molecule has 136 valence electrons. The highest BCUT2D eigenvalue weighted by molar-refractivity contribution is 5.96. The van der Waals surface area contributed by atoms with Gasteiger partial charge >= 0.3 is 0 Å². The van der Waals surface area contributed by atoms with Crippen molar-refractivity contribution in [2.24, 2.45) is 0 Å². The van der Waals surface area contributed by atoms with E-state index in [1.807, 2.05) is 9.80 Å². The Morgan fingerprint density at radius 1 is 1.32 bits per heavy atom. The predicted octanol–water partition coefficient (Wildman–Crippen LogP) is 1.68. The van der Waals surface area contributed by atoms with E-state index < -0.39 is 0 Å². The normalized spacial score (nSPS) is 29.8. The summed E-state index contributed by atoms with van der Waals surface area (Å²) in [6.07, 6.45) is 4.16. The quantitative estimate of drug-likeness (QED) is 0.813. The summed E-state index contributed by atoms with van der Waals surface area (Å²) in [4.78, 5) is 28.8. The Morgan fingerprint density at radius 3 is 2.84 bits per heavy atom. The zero-order valence-corrected chi connectivity index (χ0v) is 14.9. The van der Waals surface area contributed by atoms with Crippen LogP contribution in [0.1, 0.15) is 53.9 Å². The maximum absolute atomic E-state index is 12.9. The van der Waals surface area contributed by atoms with Gasteiger partial charge in [-0.15, -0.1) is 0 Å². The van der Waals surface area contributed by atoms with Crippen LogP contribution in [0.15, 0.2) is 4.52 Å². The number of carbonyl (C=O) groups excluding carboxylic acids is 2. The first-order valence-electron chi connectivity index (χ1n) is 9.15. The van der Waals surface area contributed by atoms with E-state index in [0.29, 0.717) is 43.1 Å².